The minimum Gasteiger partial charge on any atom is -0.469 e. The number of hydrogen-bond acceptors (Lipinski definition) is 7. The van der Waals surface area contributed by atoms with Gasteiger partial charge in [0.2, 0.25) is 0 Å². The van der Waals surface area contributed by atoms with Gasteiger partial charge in [-0.3, -0.25) is 9.59 Å². The standard InChI is InChI=1S/C15H17ClFNO4.C13H15ClFNO2.ClH/c1-21-14(19)10-5-6-18(15(20)22-2)13(8-10)9-3-4-11(16)12(17)7-9;1-18-13(17)9-4-5-16-12(7-9)8-2-3-10(14)11(15)6-8;/h3-4,7,10,13H,5-6,8H2,1-2H3;2-3,6,9,12,16H,4-5,7H2,1H3;1H. The Morgan fingerprint density at radius 3 is 1.90 bits per heavy atom. The van der Waals surface area contributed by atoms with Crippen LogP contribution in [0.2, 0.25) is 10.0 Å². The van der Waals surface area contributed by atoms with Gasteiger partial charge in [0.25, 0.3) is 0 Å². The number of carbonyl (C=O) groups is 3. The highest BCUT2D eigenvalue weighted by molar-refractivity contribution is 6.31. The molecule has 8 nitrogen and oxygen atoms in total. The van der Waals surface area contributed by atoms with Gasteiger partial charge in [0.05, 0.1) is 49.3 Å². The Hall–Kier alpha value is -2.66. The quantitative estimate of drug-likeness (QED) is 0.311. The summed E-state index contributed by atoms with van der Waals surface area (Å²) in [7, 11) is 4.00. The molecular formula is C28H33Cl3F2N2O6. The van der Waals surface area contributed by atoms with Crippen LogP contribution in [0, 0.1) is 23.5 Å². The minimum atomic E-state index is -0.566. The fourth-order valence-corrected chi connectivity index (χ4v) is 5.23. The van der Waals surface area contributed by atoms with Gasteiger partial charge in [0.1, 0.15) is 11.6 Å². The summed E-state index contributed by atoms with van der Waals surface area (Å²) in [6, 6.07) is 8.60. The number of methoxy groups -OCH3 is 3. The van der Waals surface area contributed by atoms with Gasteiger partial charge in [0, 0.05) is 12.6 Å². The van der Waals surface area contributed by atoms with Gasteiger partial charge in [-0.2, -0.15) is 0 Å². The number of hydrogen-bond donors (Lipinski definition) is 1. The van der Waals surface area contributed by atoms with Gasteiger partial charge in [-0.05, 0) is 67.6 Å². The molecule has 0 radical (unpaired) electrons. The zero-order valence-corrected chi connectivity index (χ0v) is 25.2. The van der Waals surface area contributed by atoms with Gasteiger partial charge in [0.15, 0.2) is 0 Å². The van der Waals surface area contributed by atoms with Crippen LogP contribution < -0.4 is 5.32 Å². The number of nitrogens with one attached hydrogen (secondary N) is 1. The van der Waals surface area contributed by atoms with Crippen LogP contribution in [0.25, 0.3) is 0 Å². The van der Waals surface area contributed by atoms with Crippen molar-refractivity contribution in [1.29, 1.82) is 0 Å². The molecule has 0 spiro atoms. The molecule has 1 N–H and O–H groups in total. The van der Waals surface area contributed by atoms with Crippen LogP contribution in [0.15, 0.2) is 36.4 Å². The number of amides is 1. The first-order valence-electron chi connectivity index (χ1n) is 12.7. The summed E-state index contributed by atoms with van der Waals surface area (Å²) in [5.41, 5.74) is 1.38. The Morgan fingerprint density at radius 1 is 0.829 bits per heavy atom. The molecule has 0 aromatic heterocycles. The summed E-state index contributed by atoms with van der Waals surface area (Å²) in [6.07, 6.45) is 1.69. The summed E-state index contributed by atoms with van der Waals surface area (Å²) < 4.78 is 41.4. The molecule has 0 saturated carbocycles. The van der Waals surface area contributed by atoms with E-state index in [9.17, 15) is 23.2 Å². The van der Waals surface area contributed by atoms with Gasteiger partial charge in [-0.15, -0.1) is 12.4 Å². The van der Waals surface area contributed by atoms with E-state index in [1.54, 1.807) is 12.1 Å². The number of piperidine rings is 2. The SMILES string of the molecule is COC(=O)C1CCN(C(=O)OC)C(c2ccc(Cl)c(F)c2)C1.COC(=O)C1CCNC(c2ccc(Cl)c(F)c2)C1.Cl. The number of rotatable bonds is 4. The second-order valence-electron chi connectivity index (χ2n) is 9.52. The van der Waals surface area contributed by atoms with Crippen LogP contribution in [0.3, 0.4) is 0 Å². The molecular weight excluding hydrogens is 605 g/mol. The monoisotopic (exact) mass is 636 g/mol. The molecule has 2 aromatic rings. The van der Waals surface area contributed by atoms with E-state index in [0.717, 1.165) is 12.0 Å². The largest absolute Gasteiger partial charge is 0.469 e. The fraction of sp³-hybridized carbons (Fsp3) is 0.464. The van der Waals surface area contributed by atoms with E-state index in [4.69, 9.17) is 37.4 Å². The zero-order chi connectivity index (χ0) is 29.4. The van der Waals surface area contributed by atoms with Crippen molar-refractivity contribution in [2.75, 3.05) is 34.4 Å². The van der Waals surface area contributed by atoms with Crippen molar-refractivity contribution in [2.45, 2.75) is 37.8 Å². The summed E-state index contributed by atoms with van der Waals surface area (Å²) >= 11 is 11.3. The van der Waals surface area contributed by atoms with Crippen molar-refractivity contribution in [2.24, 2.45) is 11.8 Å². The van der Waals surface area contributed by atoms with Crippen molar-refractivity contribution >= 4 is 53.6 Å². The molecule has 2 aromatic carbocycles. The molecule has 2 aliphatic heterocycles. The molecule has 4 rings (SSSR count). The van der Waals surface area contributed by atoms with Crippen LogP contribution in [0.1, 0.15) is 48.9 Å². The molecule has 13 heteroatoms. The lowest BCUT2D eigenvalue weighted by Crippen LogP contribution is -2.42. The smallest absolute Gasteiger partial charge is 0.409 e. The number of esters is 2. The predicted octanol–water partition coefficient (Wildman–Crippen LogP) is 6.29. The highest BCUT2D eigenvalue weighted by Crippen LogP contribution is 2.36. The molecule has 4 atom stereocenters. The van der Waals surface area contributed by atoms with E-state index in [1.165, 1.54) is 50.5 Å². The lowest BCUT2D eigenvalue weighted by atomic mass is 9.87. The highest BCUT2D eigenvalue weighted by atomic mass is 35.5. The number of benzene rings is 2. The van der Waals surface area contributed by atoms with E-state index in [2.05, 4.69) is 5.32 Å². The van der Waals surface area contributed by atoms with Crippen molar-refractivity contribution in [1.82, 2.24) is 10.2 Å². The Morgan fingerprint density at radius 2 is 1.37 bits per heavy atom. The Kier molecular flexibility index (Phi) is 13.6. The molecule has 2 aliphatic rings. The van der Waals surface area contributed by atoms with Crippen molar-refractivity contribution in [3.05, 3.63) is 69.2 Å². The van der Waals surface area contributed by atoms with Crippen LogP contribution in [-0.4, -0.2) is 57.4 Å². The Bertz CT molecular complexity index is 1220. The van der Waals surface area contributed by atoms with Gasteiger partial charge >= 0.3 is 18.0 Å². The molecule has 1 amide bonds. The van der Waals surface area contributed by atoms with Crippen LogP contribution >= 0.6 is 35.6 Å². The zero-order valence-electron chi connectivity index (χ0n) is 22.8. The summed E-state index contributed by atoms with van der Waals surface area (Å²) in [6.45, 7) is 1.05. The van der Waals surface area contributed by atoms with Gasteiger partial charge < -0.3 is 24.4 Å². The van der Waals surface area contributed by atoms with E-state index in [1.807, 2.05) is 0 Å². The predicted molar refractivity (Wildman–Crippen MR) is 152 cm³/mol. The molecule has 41 heavy (non-hydrogen) atoms. The van der Waals surface area contributed by atoms with Crippen molar-refractivity contribution in [3.8, 4) is 0 Å². The fourth-order valence-electron chi connectivity index (χ4n) is 5.00. The van der Waals surface area contributed by atoms with E-state index >= 15 is 0 Å². The van der Waals surface area contributed by atoms with Gasteiger partial charge in [-0.1, -0.05) is 35.3 Å². The van der Waals surface area contributed by atoms with E-state index < -0.39 is 23.8 Å². The summed E-state index contributed by atoms with van der Waals surface area (Å²) in [4.78, 5) is 36.7. The molecule has 2 saturated heterocycles. The molecule has 2 fully saturated rings. The van der Waals surface area contributed by atoms with Crippen molar-refractivity contribution < 1.29 is 37.4 Å². The number of carbonyl (C=O) groups excluding carboxylic acids is 3. The average molecular weight is 638 g/mol. The molecule has 4 unspecified atom stereocenters. The maximum atomic E-state index is 13.7. The third-order valence-electron chi connectivity index (χ3n) is 7.16. The first-order valence-corrected chi connectivity index (χ1v) is 13.5. The summed E-state index contributed by atoms with van der Waals surface area (Å²) in [5.74, 6) is -1.99. The Balaban J connectivity index is 0.000000285. The van der Waals surface area contributed by atoms with E-state index in [0.29, 0.717) is 37.9 Å². The normalized spacial score (nSPS) is 21.9. The number of halogens is 5. The second-order valence-corrected chi connectivity index (χ2v) is 10.3. The first-order chi connectivity index (χ1) is 19.1. The van der Waals surface area contributed by atoms with Crippen LogP contribution in [0.4, 0.5) is 13.6 Å². The minimum absolute atomic E-state index is 0. The highest BCUT2D eigenvalue weighted by Gasteiger charge is 2.37. The summed E-state index contributed by atoms with van der Waals surface area (Å²) in [5, 5.41) is 3.39. The Labute approximate surface area is 254 Å². The lowest BCUT2D eigenvalue weighted by molar-refractivity contribution is -0.148. The van der Waals surface area contributed by atoms with E-state index in [-0.39, 0.29) is 52.3 Å². The molecule has 2 heterocycles. The topological polar surface area (TPSA) is 94.2 Å². The molecule has 226 valence electrons. The number of nitrogens with zero attached hydrogens (tertiary/aromatic N) is 1. The number of likely N-dealkylation sites (tertiary alicyclic amines) is 1. The second kappa shape index (κ2) is 16.1. The average Bonchev–Trinajstić information content (AvgIpc) is 2.98. The third-order valence-corrected chi connectivity index (χ3v) is 7.77. The maximum Gasteiger partial charge on any atom is 0.409 e. The molecule has 0 aliphatic carbocycles. The van der Waals surface area contributed by atoms with Crippen LogP contribution in [0.5, 0.6) is 0 Å². The molecule has 0 bridgehead atoms. The van der Waals surface area contributed by atoms with Crippen LogP contribution in [-0.2, 0) is 23.8 Å². The lowest BCUT2D eigenvalue weighted by Gasteiger charge is -2.37. The first kappa shape index (κ1) is 34.5. The third kappa shape index (κ3) is 8.91. The number of ether oxygens (including phenoxy) is 3. The van der Waals surface area contributed by atoms with Gasteiger partial charge in [-0.25, -0.2) is 13.6 Å². The van der Waals surface area contributed by atoms with Crippen molar-refractivity contribution in [3.63, 3.8) is 0 Å². The maximum absolute atomic E-state index is 13.7.